The number of tetrazole rings is 1. The van der Waals surface area contributed by atoms with Gasteiger partial charge >= 0.3 is 0 Å². The number of ether oxygens (including phenoxy) is 2. The first-order valence-electron chi connectivity index (χ1n) is 6.36. The van der Waals surface area contributed by atoms with E-state index in [1.165, 1.54) is 4.80 Å². The molecule has 0 unspecified atom stereocenters. The normalized spacial score (nSPS) is 12.8. The summed E-state index contributed by atoms with van der Waals surface area (Å²) in [6.45, 7) is 4.97. The highest BCUT2D eigenvalue weighted by Crippen LogP contribution is 2.30. The lowest BCUT2D eigenvalue weighted by Crippen LogP contribution is -2.17. The van der Waals surface area contributed by atoms with Crippen LogP contribution in [-0.2, 0) is 6.54 Å². The number of aromatic nitrogens is 4. The Balaban J connectivity index is 1.73. The van der Waals surface area contributed by atoms with Crippen LogP contribution < -0.4 is 14.8 Å². The third kappa shape index (κ3) is 2.83. The van der Waals surface area contributed by atoms with Crippen molar-refractivity contribution in [2.45, 2.75) is 6.54 Å². The van der Waals surface area contributed by atoms with Crippen molar-refractivity contribution in [2.75, 3.05) is 18.5 Å². The second-order valence-corrected chi connectivity index (χ2v) is 4.27. The maximum absolute atomic E-state index is 12.1. The summed E-state index contributed by atoms with van der Waals surface area (Å²) in [6, 6.07) is 4.97. The number of benzene rings is 1. The van der Waals surface area contributed by atoms with E-state index in [0.29, 0.717) is 36.8 Å². The van der Waals surface area contributed by atoms with E-state index >= 15 is 0 Å². The number of amides is 1. The van der Waals surface area contributed by atoms with Gasteiger partial charge in [-0.15, -0.1) is 11.7 Å². The fourth-order valence-corrected chi connectivity index (χ4v) is 1.84. The van der Waals surface area contributed by atoms with Gasteiger partial charge in [-0.3, -0.25) is 10.1 Å². The highest BCUT2D eigenvalue weighted by atomic mass is 16.6. The number of hydrogen-bond acceptors (Lipinski definition) is 6. The summed E-state index contributed by atoms with van der Waals surface area (Å²) in [5.74, 6) is 0.979. The van der Waals surface area contributed by atoms with E-state index in [-0.39, 0.29) is 11.9 Å². The Kier molecular flexibility index (Phi) is 3.50. The molecule has 1 amide bonds. The predicted molar refractivity (Wildman–Crippen MR) is 73.4 cm³/mol. The van der Waals surface area contributed by atoms with Crippen molar-refractivity contribution in [3.8, 4) is 11.5 Å². The van der Waals surface area contributed by atoms with Gasteiger partial charge in [0.1, 0.15) is 13.2 Å². The van der Waals surface area contributed by atoms with Crippen molar-refractivity contribution >= 4 is 11.9 Å². The minimum atomic E-state index is -0.342. The second-order valence-electron chi connectivity index (χ2n) is 4.27. The lowest BCUT2D eigenvalue weighted by molar-refractivity contribution is 0.102. The fraction of sp³-hybridized carbons (Fsp3) is 0.231. The highest BCUT2D eigenvalue weighted by Gasteiger charge is 2.16. The molecule has 1 aromatic carbocycles. The number of hydrogen-bond donors (Lipinski definition) is 1. The molecular formula is C13H13N5O3. The molecule has 21 heavy (non-hydrogen) atoms. The van der Waals surface area contributed by atoms with Crippen LogP contribution in [-0.4, -0.2) is 39.3 Å². The summed E-state index contributed by atoms with van der Waals surface area (Å²) in [7, 11) is 0. The van der Waals surface area contributed by atoms with E-state index in [1.54, 1.807) is 24.3 Å². The SMILES string of the molecule is C=CCn1nnc(NC(=O)c2ccc3c(c2)OCCO3)n1. The molecule has 1 aliphatic heterocycles. The molecule has 0 radical (unpaired) electrons. The molecule has 2 aromatic rings. The molecule has 0 saturated carbocycles. The molecule has 1 N–H and O–H groups in total. The molecule has 8 heteroatoms. The van der Waals surface area contributed by atoms with Crippen molar-refractivity contribution in [2.24, 2.45) is 0 Å². The lowest BCUT2D eigenvalue weighted by Gasteiger charge is -2.18. The van der Waals surface area contributed by atoms with Crippen LogP contribution in [0.3, 0.4) is 0 Å². The van der Waals surface area contributed by atoms with Gasteiger partial charge in [-0.25, -0.2) is 0 Å². The summed E-state index contributed by atoms with van der Waals surface area (Å²) in [5.41, 5.74) is 0.430. The molecule has 2 heterocycles. The first kappa shape index (κ1) is 13.1. The molecule has 108 valence electrons. The van der Waals surface area contributed by atoms with Crippen molar-refractivity contribution < 1.29 is 14.3 Å². The second kappa shape index (κ2) is 5.61. The van der Waals surface area contributed by atoms with Gasteiger partial charge < -0.3 is 9.47 Å². The van der Waals surface area contributed by atoms with E-state index < -0.39 is 0 Å². The van der Waals surface area contributed by atoms with Crippen LogP contribution in [0.2, 0.25) is 0 Å². The van der Waals surface area contributed by atoms with Crippen LogP contribution in [0.15, 0.2) is 30.9 Å². The van der Waals surface area contributed by atoms with Gasteiger partial charge in [0.25, 0.3) is 11.9 Å². The zero-order valence-corrected chi connectivity index (χ0v) is 11.2. The van der Waals surface area contributed by atoms with Gasteiger partial charge in [-0.2, -0.15) is 4.80 Å². The predicted octanol–water partition coefficient (Wildman–Crippen LogP) is 0.883. The Hall–Kier alpha value is -2.90. The molecule has 0 atom stereocenters. The average Bonchev–Trinajstić information content (AvgIpc) is 2.94. The molecule has 8 nitrogen and oxygen atoms in total. The third-order valence-electron chi connectivity index (χ3n) is 2.77. The van der Waals surface area contributed by atoms with Gasteiger partial charge in [0.2, 0.25) is 0 Å². The number of anilines is 1. The van der Waals surface area contributed by atoms with Crippen molar-refractivity contribution in [3.63, 3.8) is 0 Å². The minimum Gasteiger partial charge on any atom is -0.486 e. The number of carbonyl (C=O) groups is 1. The largest absolute Gasteiger partial charge is 0.486 e. The molecule has 0 bridgehead atoms. The molecule has 0 aliphatic carbocycles. The summed E-state index contributed by atoms with van der Waals surface area (Å²) in [4.78, 5) is 13.4. The van der Waals surface area contributed by atoms with Gasteiger partial charge in [0.05, 0.1) is 6.54 Å². The third-order valence-corrected chi connectivity index (χ3v) is 2.77. The smallest absolute Gasteiger partial charge is 0.270 e. The summed E-state index contributed by atoms with van der Waals surface area (Å²) in [6.07, 6.45) is 1.63. The molecule has 0 spiro atoms. The van der Waals surface area contributed by atoms with Crippen molar-refractivity contribution in [3.05, 3.63) is 36.4 Å². The standard InChI is InChI=1S/C13H13N5O3/c1-2-5-18-16-13(15-17-18)14-12(19)9-3-4-10-11(8-9)21-7-6-20-10/h2-4,8H,1,5-7H2,(H,14,16,19). The zero-order valence-electron chi connectivity index (χ0n) is 11.2. The molecular weight excluding hydrogens is 274 g/mol. The van der Waals surface area contributed by atoms with Gasteiger partial charge in [0.15, 0.2) is 11.5 Å². The van der Waals surface area contributed by atoms with Crippen LogP contribution in [0.5, 0.6) is 11.5 Å². The van der Waals surface area contributed by atoms with Gasteiger partial charge in [-0.1, -0.05) is 11.2 Å². The van der Waals surface area contributed by atoms with E-state index in [4.69, 9.17) is 9.47 Å². The van der Waals surface area contributed by atoms with Gasteiger partial charge in [-0.05, 0) is 23.4 Å². The number of nitrogens with one attached hydrogen (secondary N) is 1. The van der Waals surface area contributed by atoms with Gasteiger partial charge in [0, 0.05) is 5.56 Å². The number of allylic oxidation sites excluding steroid dienone is 1. The van der Waals surface area contributed by atoms with Crippen LogP contribution in [0.1, 0.15) is 10.4 Å². The quantitative estimate of drug-likeness (QED) is 0.839. The van der Waals surface area contributed by atoms with E-state index in [9.17, 15) is 4.79 Å². The highest BCUT2D eigenvalue weighted by molar-refractivity contribution is 6.03. The minimum absolute atomic E-state index is 0.136. The summed E-state index contributed by atoms with van der Waals surface area (Å²) in [5, 5.41) is 14.1. The average molecular weight is 287 g/mol. The van der Waals surface area contributed by atoms with E-state index in [0.717, 1.165) is 0 Å². The fourth-order valence-electron chi connectivity index (χ4n) is 1.84. The number of carbonyl (C=O) groups excluding carboxylic acids is 1. The first-order chi connectivity index (χ1) is 10.3. The Morgan fingerprint density at radius 2 is 2.19 bits per heavy atom. The Morgan fingerprint density at radius 1 is 1.38 bits per heavy atom. The van der Waals surface area contributed by atoms with Crippen LogP contribution in [0.25, 0.3) is 0 Å². The molecule has 0 saturated heterocycles. The topological polar surface area (TPSA) is 91.2 Å². The van der Waals surface area contributed by atoms with Crippen molar-refractivity contribution in [1.82, 2.24) is 20.2 Å². The Bertz CT molecular complexity index is 682. The van der Waals surface area contributed by atoms with Crippen LogP contribution in [0.4, 0.5) is 5.95 Å². The molecule has 0 fully saturated rings. The maximum atomic E-state index is 12.1. The van der Waals surface area contributed by atoms with Crippen molar-refractivity contribution in [1.29, 1.82) is 0 Å². The Labute approximate surface area is 120 Å². The maximum Gasteiger partial charge on any atom is 0.270 e. The van der Waals surface area contributed by atoms with E-state index in [1.807, 2.05) is 0 Å². The Morgan fingerprint density at radius 3 is 3.00 bits per heavy atom. The van der Waals surface area contributed by atoms with Crippen LogP contribution in [0, 0.1) is 0 Å². The zero-order chi connectivity index (χ0) is 14.7. The number of nitrogens with zero attached hydrogens (tertiary/aromatic N) is 4. The molecule has 3 rings (SSSR count). The number of fused-ring (bicyclic) bond motifs is 1. The summed E-state index contributed by atoms with van der Waals surface area (Å²) >= 11 is 0. The van der Waals surface area contributed by atoms with Crippen LogP contribution >= 0.6 is 0 Å². The summed E-state index contributed by atoms with van der Waals surface area (Å²) < 4.78 is 10.8. The first-order valence-corrected chi connectivity index (χ1v) is 6.36. The lowest BCUT2D eigenvalue weighted by atomic mass is 10.2. The number of rotatable bonds is 4. The molecule has 1 aromatic heterocycles. The monoisotopic (exact) mass is 287 g/mol. The van der Waals surface area contributed by atoms with E-state index in [2.05, 4.69) is 27.3 Å². The molecule has 1 aliphatic rings.